The smallest absolute Gasteiger partial charge is 0.0954 e. The Kier molecular flexibility index (Phi) is 3.62. The van der Waals surface area contributed by atoms with Gasteiger partial charge in [0.1, 0.15) is 0 Å². The van der Waals surface area contributed by atoms with E-state index in [0.29, 0.717) is 12.5 Å². The first-order valence-corrected chi connectivity index (χ1v) is 6.84. The Morgan fingerprint density at radius 1 is 1.56 bits per heavy atom. The van der Waals surface area contributed by atoms with E-state index in [1.165, 1.54) is 5.01 Å². The Labute approximate surface area is 101 Å². The van der Waals surface area contributed by atoms with E-state index in [4.69, 9.17) is 0 Å². The number of thiazole rings is 1. The standard InChI is InChI=1S/C12H20N2OS/c1-9(2)11-14-10(7-16-11)6-13-8-12(15)4-3-5-12/h7,9,13,15H,3-6,8H2,1-2H3. The third-order valence-electron chi connectivity index (χ3n) is 3.11. The predicted octanol–water partition coefficient (Wildman–Crippen LogP) is 2.27. The minimum atomic E-state index is -0.434. The summed E-state index contributed by atoms with van der Waals surface area (Å²) in [4.78, 5) is 4.55. The van der Waals surface area contributed by atoms with Crippen molar-refractivity contribution in [1.82, 2.24) is 10.3 Å². The van der Waals surface area contributed by atoms with Crippen molar-refractivity contribution in [2.24, 2.45) is 0 Å². The Morgan fingerprint density at radius 3 is 2.81 bits per heavy atom. The maximum absolute atomic E-state index is 9.90. The molecular formula is C12H20N2OS. The van der Waals surface area contributed by atoms with E-state index in [9.17, 15) is 5.11 Å². The van der Waals surface area contributed by atoms with Crippen LogP contribution in [0.25, 0.3) is 0 Å². The van der Waals surface area contributed by atoms with Crippen molar-refractivity contribution >= 4 is 11.3 Å². The molecule has 4 heteroatoms. The van der Waals surface area contributed by atoms with Gasteiger partial charge in [-0.3, -0.25) is 0 Å². The number of hydrogen-bond acceptors (Lipinski definition) is 4. The van der Waals surface area contributed by atoms with Crippen LogP contribution in [0.4, 0.5) is 0 Å². The van der Waals surface area contributed by atoms with Crippen molar-refractivity contribution in [3.8, 4) is 0 Å². The lowest BCUT2D eigenvalue weighted by atomic mass is 9.80. The normalized spacial score (nSPS) is 18.8. The largest absolute Gasteiger partial charge is 0.389 e. The molecule has 2 N–H and O–H groups in total. The number of hydrogen-bond donors (Lipinski definition) is 2. The third-order valence-corrected chi connectivity index (χ3v) is 4.30. The van der Waals surface area contributed by atoms with Crippen LogP contribution in [0.15, 0.2) is 5.38 Å². The topological polar surface area (TPSA) is 45.2 Å². The SMILES string of the molecule is CC(C)c1nc(CNCC2(O)CCC2)cs1. The summed E-state index contributed by atoms with van der Waals surface area (Å²) in [7, 11) is 0. The van der Waals surface area contributed by atoms with Crippen LogP contribution in [0.3, 0.4) is 0 Å². The van der Waals surface area contributed by atoms with Crippen molar-refractivity contribution in [1.29, 1.82) is 0 Å². The summed E-state index contributed by atoms with van der Waals surface area (Å²) in [5, 5.41) is 16.5. The lowest BCUT2D eigenvalue weighted by Gasteiger charge is -2.36. The van der Waals surface area contributed by atoms with E-state index in [2.05, 4.69) is 29.5 Å². The number of nitrogens with zero attached hydrogens (tertiary/aromatic N) is 1. The highest BCUT2D eigenvalue weighted by atomic mass is 32.1. The van der Waals surface area contributed by atoms with Crippen molar-refractivity contribution in [2.45, 2.75) is 51.2 Å². The first-order chi connectivity index (χ1) is 7.59. The predicted molar refractivity (Wildman–Crippen MR) is 66.7 cm³/mol. The Bertz CT molecular complexity index is 345. The van der Waals surface area contributed by atoms with Gasteiger partial charge in [0.2, 0.25) is 0 Å². The van der Waals surface area contributed by atoms with Crippen LogP contribution in [-0.4, -0.2) is 22.2 Å². The molecule has 1 fully saturated rings. The van der Waals surface area contributed by atoms with Crippen LogP contribution in [0, 0.1) is 0 Å². The number of rotatable bonds is 5. The van der Waals surface area contributed by atoms with Crippen LogP contribution < -0.4 is 5.32 Å². The third kappa shape index (κ3) is 2.81. The van der Waals surface area contributed by atoms with E-state index in [1.54, 1.807) is 11.3 Å². The summed E-state index contributed by atoms with van der Waals surface area (Å²) in [5.74, 6) is 0.509. The van der Waals surface area contributed by atoms with Crippen molar-refractivity contribution in [3.63, 3.8) is 0 Å². The molecule has 0 spiro atoms. The van der Waals surface area contributed by atoms with E-state index >= 15 is 0 Å². The summed E-state index contributed by atoms with van der Waals surface area (Å²) in [6, 6.07) is 0. The molecule has 0 amide bonds. The fraction of sp³-hybridized carbons (Fsp3) is 0.750. The maximum atomic E-state index is 9.90. The summed E-state index contributed by atoms with van der Waals surface area (Å²) in [6.45, 7) is 5.79. The van der Waals surface area contributed by atoms with Gasteiger partial charge in [-0.05, 0) is 19.3 Å². The zero-order chi connectivity index (χ0) is 11.6. The molecule has 0 aliphatic heterocycles. The second-order valence-corrected chi connectivity index (χ2v) is 5.90. The molecule has 1 aliphatic rings. The van der Waals surface area contributed by atoms with E-state index in [0.717, 1.165) is 31.5 Å². The first kappa shape index (κ1) is 12.0. The van der Waals surface area contributed by atoms with Crippen LogP contribution in [0.1, 0.15) is 49.7 Å². The fourth-order valence-electron chi connectivity index (χ4n) is 1.85. The van der Waals surface area contributed by atoms with Crippen LogP contribution in [0.5, 0.6) is 0 Å². The minimum absolute atomic E-state index is 0.434. The quantitative estimate of drug-likeness (QED) is 0.830. The molecule has 0 atom stereocenters. The summed E-state index contributed by atoms with van der Waals surface area (Å²) in [5.41, 5.74) is 0.660. The molecule has 1 saturated carbocycles. The summed E-state index contributed by atoms with van der Waals surface area (Å²) in [6.07, 6.45) is 3.04. The van der Waals surface area contributed by atoms with Crippen molar-refractivity contribution in [3.05, 3.63) is 16.1 Å². The lowest BCUT2D eigenvalue weighted by molar-refractivity contribution is -0.0315. The highest BCUT2D eigenvalue weighted by Gasteiger charge is 2.33. The van der Waals surface area contributed by atoms with Gasteiger partial charge in [-0.1, -0.05) is 13.8 Å². The average molecular weight is 240 g/mol. The highest BCUT2D eigenvalue weighted by Crippen LogP contribution is 2.30. The number of aromatic nitrogens is 1. The Hall–Kier alpha value is -0.450. The van der Waals surface area contributed by atoms with Crippen molar-refractivity contribution < 1.29 is 5.11 Å². The van der Waals surface area contributed by atoms with E-state index < -0.39 is 5.60 Å². The second kappa shape index (κ2) is 4.82. The molecule has 0 unspecified atom stereocenters. The number of nitrogens with one attached hydrogen (secondary N) is 1. The average Bonchev–Trinajstić information content (AvgIpc) is 2.64. The molecule has 90 valence electrons. The Balaban J connectivity index is 1.76. The van der Waals surface area contributed by atoms with Gasteiger partial charge < -0.3 is 10.4 Å². The van der Waals surface area contributed by atoms with Gasteiger partial charge in [0.15, 0.2) is 0 Å². The summed E-state index contributed by atoms with van der Waals surface area (Å²) >= 11 is 1.72. The van der Waals surface area contributed by atoms with E-state index in [-0.39, 0.29) is 0 Å². The zero-order valence-corrected chi connectivity index (χ0v) is 10.8. The monoisotopic (exact) mass is 240 g/mol. The molecule has 16 heavy (non-hydrogen) atoms. The first-order valence-electron chi connectivity index (χ1n) is 5.96. The van der Waals surface area contributed by atoms with Gasteiger partial charge in [-0.15, -0.1) is 11.3 Å². The van der Waals surface area contributed by atoms with Gasteiger partial charge in [-0.25, -0.2) is 4.98 Å². The van der Waals surface area contributed by atoms with E-state index in [1.807, 2.05) is 0 Å². The van der Waals surface area contributed by atoms with Gasteiger partial charge in [-0.2, -0.15) is 0 Å². The molecule has 0 bridgehead atoms. The minimum Gasteiger partial charge on any atom is -0.389 e. The molecule has 3 nitrogen and oxygen atoms in total. The zero-order valence-electron chi connectivity index (χ0n) is 9.99. The Morgan fingerprint density at radius 2 is 2.31 bits per heavy atom. The second-order valence-electron chi connectivity index (χ2n) is 5.01. The van der Waals surface area contributed by atoms with Crippen LogP contribution in [-0.2, 0) is 6.54 Å². The van der Waals surface area contributed by atoms with Crippen LogP contribution in [0.2, 0.25) is 0 Å². The van der Waals surface area contributed by atoms with Gasteiger partial charge in [0, 0.05) is 24.4 Å². The summed E-state index contributed by atoms with van der Waals surface area (Å²) < 4.78 is 0. The van der Waals surface area contributed by atoms with Crippen LogP contribution >= 0.6 is 11.3 Å². The molecular weight excluding hydrogens is 220 g/mol. The van der Waals surface area contributed by atoms with Crippen molar-refractivity contribution in [2.75, 3.05) is 6.54 Å². The molecule has 0 saturated heterocycles. The highest BCUT2D eigenvalue weighted by molar-refractivity contribution is 7.09. The molecule has 0 radical (unpaired) electrons. The molecule has 1 heterocycles. The molecule has 1 aromatic heterocycles. The lowest BCUT2D eigenvalue weighted by Crippen LogP contribution is -2.46. The van der Waals surface area contributed by atoms with Gasteiger partial charge in [0.25, 0.3) is 0 Å². The number of aliphatic hydroxyl groups is 1. The molecule has 2 rings (SSSR count). The fourth-order valence-corrected chi connectivity index (χ4v) is 2.69. The molecule has 1 aromatic rings. The molecule has 0 aromatic carbocycles. The van der Waals surface area contributed by atoms with Gasteiger partial charge >= 0.3 is 0 Å². The maximum Gasteiger partial charge on any atom is 0.0954 e. The molecule has 1 aliphatic carbocycles. The van der Waals surface area contributed by atoms with Gasteiger partial charge in [0.05, 0.1) is 16.3 Å².